The van der Waals surface area contributed by atoms with Gasteiger partial charge in [-0.05, 0) is 43.5 Å². The fraction of sp³-hybridized carbons (Fsp3) is 0.304. The molecule has 0 radical (unpaired) electrons. The maximum absolute atomic E-state index is 13.0. The largest absolute Gasteiger partial charge is 0.489 e. The van der Waals surface area contributed by atoms with Gasteiger partial charge in [0.05, 0.1) is 16.7 Å². The number of carbonyl (C=O) groups excluding carboxylic acids is 1. The van der Waals surface area contributed by atoms with Gasteiger partial charge in [-0.15, -0.1) is 0 Å². The molecule has 1 aromatic heterocycles. The van der Waals surface area contributed by atoms with Gasteiger partial charge in [-0.3, -0.25) is 4.79 Å². The van der Waals surface area contributed by atoms with Crippen molar-refractivity contribution in [2.24, 2.45) is 0 Å². The fourth-order valence-corrected chi connectivity index (χ4v) is 5.04. The van der Waals surface area contributed by atoms with Gasteiger partial charge in [-0.1, -0.05) is 49.7 Å². The predicted molar refractivity (Wildman–Crippen MR) is 127 cm³/mol. The predicted octanol–water partition coefficient (Wildman–Crippen LogP) is 4.96. The molecule has 9 heteroatoms. The Hall–Kier alpha value is -2.68. The Balaban J connectivity index is 2.02. The van der Waals surface area contributed by atoms with Gasteiger partial charge < -0.3 is 10.1 Å². The summed E-state index contributed by atoms with van der Waals surface area (Å²) in [6.07, 6.45) is -0.177. The number of ether oxygens (including phenoxy) is 1. The third-order valence-corrected chi connectivity index (χ3v) is 7.17. The molecule has 2 aromatic carbocycles. The van der Waals surface area contributed by atoms with E-state index in [1.807, 2.05) is 38.1 Å². The van der Waals surface area contributed by atoms with Crippen LogP contribution in [0.3, 0.4) is 0 Å². The van der Waals surface area contributed by atoms with Crippen LogP contribution in [-0.4, -0.2) is 42.8 Å². The first-order chi connectivity index (χ1) is 15.2. The number of fused-ring (bicyclic) bond motifs is 1. The highest BCUT2D eigenvalue weighted by Gasteiger charge is 2.24. The number of rotatable bonds is 8. The smallest absolute Gasteiger partial charge is 0.274 e. The molecular formula is C23H26ClN3O4S. The zero-order valence-corrected chi connectivity index (χ0v) is 20.0. The second-order valence-electron chi connectivity index (χ2n) is 7.39. The van der Waals surface area contributed by atoms with Crippen LogP contribution in [0.15, 0.2) is 53.4 Å². The quantitative estimate of drug-likeness (QED) is 0.465. The van der Waals surface area contributed by atoms with E-state index in [9.17, 15) is 13.2 Å². The number of hydrogen-bond acceptors (Lipinski definition) is 5. The van der Waals surface area contributed by atoms with Crippen LogP contribution in [0.5, 0.6) is 5.75 Å². The van der Waals surface area contributed by atoms with E-state index in [4.69, 9.17) is 16.3 Å². The topological polar surface area (TPSA) is 88.6 Å². The normalized spacial score (nSPS) is 11.8. The van der Waals surface area contributed by atoms with E-state index in [-0.39, 0.29) is 27.5 Å². The van der Waals surface area contributed by atoms with Crippen molar-refractivity contribution in [1.82, 2.24) is 9.29 Å². The van der Waals surface area contributed by atoms with Gasteiger partial charge in [-0.2, -0.15) is 4.31 Å². The number of sulfonamides is 1. The molecule has 1 amide bonds. The third-order valence-electron chi connectivity index (χ3n) is 4.83. The van der Waals surface area contributed by atoms with Crippen LogP contribution < -0.4 is 10.1 Å². The minimum absolute atomic E-state index is 0.0668. The highest BCUT2D eigenvalue weighted by Crippen LogP contribution is 2.31. The SMILES string of the molecule is CCN(CC)S(=O)(=O)c1ccc(OC(C)C)c(NC(=O)c2cc3ccccc3c(Cl)n2)c1. The summed E-state index contributed by atoms with van der Waals surface area (Å²) in [4.78, 5) is 17.3. The van der Waals surface area contributed by atoms with Gasteiger partial charge in [0.15, 0.2) is 0 Å². The number of anilines is 1. The molecule has 3 aromatic rings. The number of benzene rings is 2. The van der Waals surface area contributed by atoms with E-state index in [0.29, 0.717) is 18.8 Å². The van der Waals surface area contributed by atoms with Crippen LogP contribution in [0.4, 0.5) is 5.69 Å². The Labute approximate surface area is 193 Å². The van der Waals surface area contributed by atoms with Crippen LogP contribution in [0.25, 0.3) is 10.8 Å². The molecular weight excluding hydrogens is 450 g/mol. The van der Waals surface area contributed by atoms with Crippen molar-refractivity contribution >= 4 is 44.0 Å². The summed E-state index contributed by atoms with van der Waals surface area (Å²) in [6.45, 7) is 7.91. The highest BCUT2D eigenvalue weighted by atomic mass is 35.5. The highest BCUT2D eigenvalue weighted by molar-refractivity contribution is 7.89. The standard InChI is InChI=1S/C23H26ClN3O4S/c1-5-27(6-2)32(29,30)17-11-12-21(31-15(3)4)19(14-17)26-23(28)20-13-16-9-7-8-10-18(16)22(24)25-20/h7-15H,5-6H2,1-4H3,(H,26,28). The van der Waals surface area contributed by atoms with Crippen LogP contribution in [0.1, 0.15) is 38.2 Å². The van der Waals surface area contributed by atoms with Crippen LogP contribution in [-0.2, 0) is 10.0 Å². The van der Waals surface area contributed by atoms with Gasteiger partial charge in [0, 0.05) is 18.5 Å². The third kappa shape index (κ3) is 5.03. The first kappa shape index (κ1) is 24.0. The van der Waals surface area contributed by atoms with Crippen molar-refractivity contribution in [1.29, 1.82) is 0 Å². The van der Waals surface area contributed by atoms with Crippen molar-refractivity contribution < 1.29 is 17.9 Å². The lowest BCUT2D eigenvalue weighted by molar-refractivity contribution is 0.102. The molecule has 0 bridgehead atoms. The van der Waals surface area contributed by atoms with Crippen LogP contribution in [0.2, 0.25) is 5.15 Å². The lowest BCUT2D eigenvalue weighted by Crippen LogP contribution is -2.30. The fourth-order valence-electron chi connectivity index (χ4n) is 3.30. The summed E-state index contributed by atoms with van der Waals surface area (Å²) in [6, 6.07) is 13.4. The number of nitrogens with one attached hydrogen (secondary N) is 1. The van der Waals surface area contributed by atoms with Gasteiger partial charge in [0.25, 0.3) is 5.91 Å². The van der Waals surface area contributed by atoms with Crippen molar-refractivity contribution in [3.63, 3.8) is 0 Å². The van der Waals surface area contributed by atoms with Crippen molar-refractivity contribution in [3.05, 3.63) is 59.4 Å². The molecule has 0 saturated heterocycles. The van der Waals surface area contributed by atoms with E-state index in [0.717, 1.165) is 10.8 Å². The molecule has 0 aliphatic carbocycles. The molecule has 1 heterocycles. The van der Waals surface area contributed by atoms with Crippen LogP contribution in [0, 0.1) is 0 Å². The lowest BCUT2D eigenvalue weighted by Gasteiger charge is -2.20. The molecule has 32 heavy (non-hydrogen) atoms. The number of pyridine rings is 1. The van der Waals surface area contributed by atoms with Gasteiger partial charge in [0.2, 0.25) is 10.0 Å². The zero-order valence-electron chi connectivity index (χ0n) is 18.4. The molecule has 1 N–H and O–H groups in total. The molecule has 0 unspecified atom stereocenters. The second-order valence-corrected chi connectivity index (χ2v) is 9.68. The van der Waals surface area contributed by atoms with Crippen molar-refractivity contribution in [3.8, 4) is 5.75 Å². The Morgan fingerprint density at radius 3 is 2.47 bits per heavy atom. The van der Waals surface area contributed by atoms with Crippen LogP contribution >= 0.6 is 11.6 Å². The maximum atomic E-state index is 13.0. The molecule has 0 fully saturated rings. The Kier molecular flexibility index (Phi) is 7.38. The summed E-state index contributed by atoms with van der Waals surface area (Å²) < 4.78 is 33.1. The molecule has 170 valence electrons. The molecule has 3 rings (SSSR count). The Morgan fingerprint density at radius 1 is 1.12 bits per heavy atom. The van der Waals surface area contributed by atoms with E-state index in [2.05, 4.69) is 10.3 Å². The first-order valence-corrected chi connectivity index (χ1v) is 12.2. The molecule has 0 saturated carbocycles. The van der Waals surface area contributed by atoms with Gasteiger partial charge in [0.1, 0.15) is 16.6 Å². The molecule has 0 atom stereocenters. The first-order valence-electron chi connectivity index (χ1n) is 10.3. The summed E-state index contributed by atoms with van der Waals surface area (Å²) in [5, 5.41) is 4.47. The number of halogens is 1. The minimum atomic E-state index is -3.72. The van der Waals surface area contributed by atoms with E-state index < -0.39 is 15.9 Å². The molecule has 0 spiro atoms. The molecule has 0 aliphatic heterocycles. The van der Waals surface area contributed by atoms with Gasteiger partial charge in [-0.25, -0.2) is 13.4 Å². The van der Waals surface area contributed by atoms with Crippen molar-refractivity contribution in [2.45, 2.75) is 38.7 Å². The number of carbonyl (C=O) groups is 1. The Bertz CT molecular complexity index is 1240. The monoisotopic (exact) mass is 475 g/mol. The number of amides is 1. The minimum Gasteiger partial charge on any atom is -0.489 e. The molecule has 7 nitrogen and oxygen atoms in total. The lowest BCUT2D eigenvalue weighted by atomic mass is 10.1. The van der Waals surface area contributed by atoms with Gasteiger partial charge >= 0.3 is 0 Å². The average Bonchev–Trinajstić information content (AvgIpc) is 2.75. The second kappa shape index (κ2) is 9.85. The van der Waals surface area contributed by atoms with E-state index in [1.54, 1.807) is 26.0 Å². The Morgan fingerprint density at radius 2 is 1.81 bits per heavy atom. The number of nitrogens with zero attached hydrogens (tertiary/aromatic N) is 2. The van der Waals surface area contributed by atoms with E-state index >= 15 is 0 Å². The summed E-state index contributed by atoms with van der Waals surface area (Å²) in [7, 11) is -3.72. The molecule has 0 aliphatic rings. The van der Waals surface area contributed by atoms with E-state index in [1.165, 1.54) is 16.4 Å². The number of hydrogen-bond donors (Lipinski definition) is 1. The summed E-state index contributed by atoms with van der Waals surface area (Å²) in [5.41, 5.74) is 0.351. The summed E-state index contributed by atoms with van der Waals surface area (Å²) in [5.74, 6) is -0.164. The zero-order chi connectivity index (χ0) is 23.5. The van der Waals surface area contributed by atoms with Crippen molar-refractivity contribution in [2.75, 3.05) is 18.4 Å². The number of aromatic nitrogens is 1. The maximum Gasteiger partial charge on any atom is 0.274 e. The summed E-state index contributed by atoms with van der Waals surface area (Å²) >= 11 is 6.26. The average molecular weight is 476 g/mol.